The van der Waals surface area contributed by atoms with Crippen molar-refractivity contribution in [3.63, 3.8) is 0 Å². The third-order valence-corrected chi connectivity index (χ3v) is 7.13. The van der Waals surface area contributed by atoms with Crippen LogP contribution in [0.15, 0.2) is 78.9 Å². The zero-order valence-electron chi connectivity index (χ0n) is 19.2. The van der Waals surface area contributed by atoms with E-state index in [9.17, 15) is 4.79 Å². The first-order valence-corrected chi connectivity index (χ1v) is 12.3. The molecule has 3 aromatic carbocycles. The van der Waals surface area contributed by atoms with Crippen LogP contribution in [0.4, 0.5) is 4.79 Å². The molecular weight excluding hydrogens is 406 g/mol. The van der Waals surface area contributed by atoms with E-state index in [4.69, 9.17) is 0 Å². The predicted molar refractivity (Wildman–Crippen MR) is 134 cm³/mol. The smallest absolute Gasteiger partial charge is 0.317 e. The summed E-state index contributed by atoms with van der Waals surface area (Å²) in [6, 6.07) is 27.9. The Balaban J connectivity index is 1.05. The Kier molecular flexibility index (Phi) is 6.73. The Bertz CT molecular complexity index is 1030. The van der Waals surface area contributed by atoms with Crippen LogP contribution in [0.3, 0.4) is 0 Å². The molecule has 0 bridgehead atoms. The number of piperazine rings is 1. The predicted octanol–water partition coefficient (Wildman–Crippen LogP) is 5.50. The molecule has 33 heavy (non-hydrogen) atoms. The highest BCUT2D eigenvalue weighted by Gasteiger charge is 2.27. The molecule has 1 fully saturated rings. The maximum atomic E-state index is 12.5. The first-order chi connectivity index (χ1) is 16.3. The third kappa shape index (κ3) is 4.96. The number of amides is 2. The summed E-state index contributed by atoms with van der Waals surface area (Å²) >= 11 is 0. The van der Waals surface area contributed by atoms with E-state index in [0.29, 0.717) is 12.5 Å². The van der Waals surface area contributed by atoms with Gasteiger partial charge in [-0.3, -0.25) is 4.90 Å². The number of unbranched alkanes of at least 4 members (excludes halogenated alkanes) is 1. The molecule has 2 amide bonds. The zero-order valence-corrected chi connectivity index (χ0v) is 19.2. The molecular formula is C29H33N3O. The first-order valence-electron chi connectivity index (χ1n) is 12.3. The molecule has 1 aliphatic carbocycles. The molecule has 1 N–H and O–H groups in total. The summed E-state index contributed by atoms with van der Waals surface area (Å²) in [5.74, 6) is 0.530. The summed E-state index contributed by atoms with van der Waals surface area (Å²) in [5, 5.41) is 3.05. The van der Waals surface area contributed by atoms with Crippen LogP contribution in [0.1, 0.15) is 41.9 Å². The number of fused-ring (bicyclic) bond motifs is 3. The van der Waals surface area contributed by atoms with Gasteiger partial charge in [0.15, 0.2) is 0 Å². The van der Waals surface area contributed by atoms with Crippen LogP contribution >= 0.6 is 0 Å². The van der Waals surface area contributed by atoms with Crippen molar-refractivity contribution in [3.8, 4) is 11.1 Å². The van der Waals surface area contributed by atoms with Gasteiger partial charge in [-0.2, -0.15) is 0 Å². The van der Waals surface area contributed by atoms with E-state index >= 15 is 0 Å². The van der Waals surface area contributed by atoms with Crippen molar-refractivity contribution in [1.29, 1.82) is 0 Å². The lowest BCUT2D eigenvalue weighted by Crippen LogP contribution is -2.51. The molecule has 0 unspecified atom stereocenters. The maximum absolute atomic E-state index is 12.5. The minimum absolute atomic E-state index is 0.0528. The van der Waals surface area contributed by atoms with E-state index in [0.717, 1.165) is 38.3 Å². The van der Waals surface area contributed by atoms with Gasteiger partial charge in [-0.05, 0) is 47.2 Å². The molecule has 4 nitrogen and oxygen atoms in total. The van der Waals surface area contributed by atoms with Crippen LogP contribution in [-0.2, 0) is 6.54 Å². The fourth-order valence-corrected chi connectivity index (χ4v) is 5.31. The Morgan fingerprint density at radius 3 is 2.03 bits per heavy atom. The lowest BCUT2D eigenvalue weighted by molar-refractivity contribution is 0.137. The van der Waals surface area contributed by atoms with Gasteiger partial charge in [-0.1, -0.05) is 85.3 Å². The van der Waals surface area contributed by atoms with Crippen molar-refractivity contribution in [1.82, 2.24) is 15.1 Å². The number of hydrogen-bond acceptors (Lipinski definition) is 2. The summed E-state index contributed by atoms with van der Waals surface area (Å²) in [6.45, 7) is 5.26. The van der Waals surface area contributed by atoms with E-state index in [-0.39, 0.29) is 6.03 Å². The average molecular weight is 440 g/mol. The number of benzene rings is 3. The van der Waals surface area contributed by atoms with E-state index in [1.807, 2.05) is 35.2 Å². The van der Waals surface area contributed by atoms with E-state index in [2.05, 4.69) is 58.7 Å². The van der Waals surface area contributed by atoms with Gasteiger partial charge in [0.1, 0.15) is 0 Å². The number of carbonyl (C=O) groups is 1. The Labute approximate surface area is 197 Å². The second-order valence-corrected chi connectivity index (χ2v) is 9.20. The lowest BCUT2D eigenvalue weighted by Gasteiger charge is -2.34. The van der Waals surface area contributed by atoms with Crippen LogP contribution in [0.25, 0.3) is 11.1 Å². The second kappa shape index (κ2) is 10.2. The molecule has 0 saturated carbocycles. The third-order valence-electron chi connectivity index (χ3n) is 7.13. The van der Waals surface area contributed by atoms with Gasteiger partial charge in [0.25, 0.3) is 0 Å². The van der Waals surface area contributed by atoms with Crippen molar-refractivity contribution in [2.45, 2.75) is 31.7 Å². The number of urea groups is 1. The highest BCUT2D eigenvalue weighted by atomic mass is 16.2. The molecule has 3 aromatic rings. The molecule has 0 spiro atoms. The maximum Gasteiger partial charge on any atom is 0.317 e. The van der Waals surface area contributed by atoms with E-state index < -0.39 is 0 Å². The quantitative estimate of drug-likeness (QED) is 0.494. The number of hydrogen-bond donors (Lipinski definition) is 1. The molecule has 0 aromatic heterocycles. The summed E-state index contributed by atoms with van der Waals surface area (Å²) < 4.78 is 0. The van der Waals surface area contributed by atoms with Gasteiger partial charge in [-0.15, -0.1) is 0 Å². The van der Waals surface area contributed by atoms with Gasteiger partial charge in [0, 0.05) is 38.6 Å². The van der Waals surface area contributed by atoms with Gasteiger partial charge in [-0.25, -0.2) is 4.79 Å². The fourth-order valence-electron chi connectivity index (χ4n) is 5.31. The van der Waals surface area contributed by atoms with E-state index in [1.54, 1.807) is 0 Å². The molecule has 4 heteroatoms. The number of nitrogens with zero attached hydrogens (tertiary/aromatic N) is 2. The molecule has 1 aliphatic heterocycles. The largest absolute Gasteiger partial charge is 0.334 e. The minimum atomic E-state index is 0.0528. The van der Waals surface area contributed by atoms with Crippen LogP contribution in [0.2, 0.25) is 0 Å². The number of carbonyl (C=O) groups excluding carboxylic acids is 1. The molecule has 0 radical (unpaired) electrons. The van der Waals surface area contributed by atoms with Gasteiger partial charge >= 0.3 is 6.03 Å². The molecule has 0 atom stereocenters. The monoisotopic (exact) mass is 439 g/mol. The minimum Gasteiger partial charge on any atom is -0.334 e. The molecule has 1 saturated heterocycles. The summed E-state index contributed by atoms with van der Waals surface area (Å²) in [6.07, 6.45) is 3.64. The van der Waals surface area contributed by atoms with Gasteiger partial charge in [0.05, 0.1) is 0 Å². The van der Waals surface area contributed by atoms with Crippen molar-refractivity contribution >= 4 is 6.03 Å². The molecule has 2 aliphatic rings. The van der Waals surface area contributed by atoms with Crippen LogP contribution < -0.4 is 5.32 Å². The highest BCUT2D eigenvalue weighted by molar-refractivity contribution is 5.78. The Morgan fingerprint density at radius 1 is 0.758 bits per heavy atom. The lowest BCUT2D eigenvalue weighted by atomic mass is 9.91. The average Bonchev–Trinajstić information content (AvgIpc) is 3.20. The van der Waals surface area contributed by atoms with Crippen molar-refractivity contribution in [3.05, 3.63) is 95.6 Å². The fraction of sp³-hybridized carbons (Fsp3) is 0.345. The Morgan fingerprint density at radius 2 is 1.36 bits per heavy atom. The van der Waals surface area contributed by atoms with Gasteiger partial charge < -0.3 is 10.2 Å². The molecule has 170 valence electrons. The van der Waals surface area contributed by atoms with E-state index in [1.165, 1.54) is 41.5 Å². The summed E-state index contributed by atoms with van der Waals surface area (Å²) in [7, 11) is 0. The Hall–Kier alpha value is -3.11. The van der Waals surface area contributed by atoms with Crippen molar-refractivity contribution in [2.75, 3.05) is 32.7 Å². The standard InChI is InChI=1S/C29H33N3O/c33-29(30-22-23-10-2-1-3-11-23)32-20-18-31(19-21-32)17-9-8-16-28-26-14-6-4-12-24(26)25-13-5-7-15-27(25)28/h1-7,10-15,28H,8-9,16-22H2,(H,30,33). The highest BCUT2D eigenvalue weighted by Crippen LogP contribution is 2.46. The normalized spacial score (nSPS) is 15.8. The van der Waals surface area contributed by atoms with Crippen LogP contribution in [0.5, 0.6) is 0 Å². The van der Waals surface area contributed by atoms with Crippen LogP contribution in [-0.4, -0.2) is 48.6 Å². The first kappa shape index (κ1) is 21.7. The number of nitrogens with one attached hydrogen (secondary N) is 1. The number of rotatable bonds is 7. The van der Waals surface area contributed by atoms with Crippen molar-refractivity contribution < 1.29 is 4.79 Å². The summed E-state index contributed by atoms with van der Waals surface area (Å²) in [4.78, 5) is 16.9. The SMILES string of the molecule is O=C(NCc1ccccc1)N1CCN(CCCCC2c3ccccc3-c3ccccc32)CC1. The second-order valence-electron chi connectivity index (χ2n) is 9.20. The van der Waals surface area contributed by atoms with Crippen LogP contribution in [0, 0.1) is 0 Å². The molecule has 5 rings (SSSR count). The van der Waals surface area contributed by atoms with Crippen molar-refractivity contribution in [2.24, 2.45) is 0 Å². The molecule has 1 heterocycles. The topological polar surface area (TPSA) is 35.6 Å². The zero-order chi connectivity index (χ0) is 22.5. The summed E-state index contributed by atoms with van der Waals surface area (Å²) in [5.41, 5.74) is 6.96. The van der Waals surface area contributed by atoms with Gasteiger partial charge in [0.2, 0.25) is 0 Å².